The van der Waals surface area contributed by atoms with Gasteiger partial charge in [0.15, 0.2) is 17.9 Å². The molecule has 4 heterocycles. The highest BCUT2D eigenvalue weighted by Crippen LogP contribution is 2.57. The maximum Gasteiger partial charge on any atom is 0.343 e. The molecule has 22 heavy (non-hydrogen) atoms. The van der Waals surface area contributed by atoms with Crippen LogP contribution in [-0.4, -0.2) is 91.0 Å². The summed E-state index contributed by atoms with van der Waals surface area (Å²) in [5.74, 6) is -3.75. The third-order valence-electron chi connectivity index (χ3n) is 5.28. The molecule has 4 fully saturated rings. The highest BCUT2D eigenvalue weighted by atomic mass is 16.9. The van der Waals surface area contributed by atoms with Gasteiger partial charge in [-0.1, -0.05) is 0 Å². The maximum absolute atomic E-state index is 10.6. The molecule has 1 spiro atoms. The van der Waals surface area contributed by atoms with Crippen molar-refractivity contribution < 1.29 is 45.1 Å². The van der Waals surface area contributed by atoms with Crippen molar-refractivity contribution in [1.29, 1.82) is 0 Å². The minimum atomic E-state index is -2.50. The lowest BCUT2D eigenvalue weighted by Gasteiger charge is -2.69. The first-order chi connectivity index (χ1) is 10.2. The van der Waals surface area contributed by atoms with Crippen LogP contribution < -0.4 is 16.0 Å². The van der Waals surface area contributed by atoms with E-state index >= 15 is 0 Å². The average Bonchev–Trinajstić information content (AvgIpc) is 2.45. The van der Waals surface area contributed by atoms with E-state index < -0.39 is 60.3 Å². The number of ether oxygens (including phenoxy) is 2. The molecule has 3 saturated heterocycles. The minimum Gasteiger partial charge on any atom is -0.393 e. The van der Waals surface area contributed by atoms with Gasteiger partial charge in [0.05, 0.1) is 12.5 Å². The highest BCUT2D eigenvalue weighted by molar-refractivity contribution is 5.74. The second-order valence-corrected chi connectivity index (χ2v) is 6.29. The monoisotopic (exact) mass is 320 g/mol. The summed E-state index contributed by atoms with van der Waals surface area (Å²) in [6.45, 7) is -0.843. The van der Waals surface area contributed by atoms with Gasteiger partial charge >= 0.3 is 11.9 Å². The van der Waals surface area contributed by atoms with Crippen LogP contribution >= 0.6 is 0 Å². The molecule has 11 nitrogen and oxygen atoms in total. The molecule has 0 aromatic heterocycles. The van der Waals surface area contributed by atoms with Crippen LogP contribution in [-0.2, 0) is 9.47 Å². The van der Waals surface area contributed by atoms with Crippen LogP contribution in [0.1, 0.15) is 0 Å². The lowest BCUT2D eigenvalue weighted by molar-refractivity contribution is -0.621. The number of aliphatic hydroxyl groups is 6. The third kappa shape index (κ3) is 1.28. The van der Waals surface area contributed by atoms with Crippen LogP contribution in [0.25, 0.3) is 0 Å². The molecule has 9 atom stereocenters. The second kappa shape index (κ2) is 3.88. The number of guanidine groups is 1. The van der Waals surface area contributed by atoms with Crippen molar-refractivity contribution in [3.63, 3.8) is 0 Å². The molecular weight excluding hydrogens is 302 g/mol. The fourth-order valence-electron chi connectivity index (χ4n) is 4.30. The van der Waals surface area contributed by atoms with Crippen LogP contribution in [0.2, 0.25) is 0 Å². The van der Waals surface area contributed by atoms with Gasteiger partial charge in [-0.25, -0.2) is 0 Å². The fourth-order valence-corrected chi connectivity index (χ4v) is 4.30. The van der Waals surface area contributed by atoms with E-state index in [0.29, 0.717) is 0 Å². The predicted octanol–water partition coefficient (Wildman–Crippen LogP) is -7.44. The van der Waals surface area contributed by atoms with Crippen LogP contribution in [0, 0.1) is 5.92 Å². The Kier molecular flexibility index (Phi) is 2.57. The van der Waals surface area contributed by atoms with Gasteiger partial charge < -0.3 is 40.1 Å². The third-order valence-corrected chi connectivity index (χ3v) is 5.28. The molecule has 4 aliphatic heterocycles. The van der Waals surface area contributed by atoms with E-state index in [0.717, 1.165) is 0 Å². The smallest absolute Gasteiger partial charge is 0.343 e. The molecule has 10 N–H and O–H groups in total. The largest absolute Gasteiger partial charge is 0.393 e. The molecule has 1 saturated carbocycles. The SMILES string of the molecule is NC1=[NH+][C@@H](O)[C@H]2[C@@H]3O[C@]4(O)O[C@@H]([C@@H](O)[C@@]2(N1)[C@@H]4O)[C@]3(O)CO. The zero-order valence-electron chi connectivity index (χ0n) is 11.2. The van der Waals surface area contributed by atoms with Crippen molar-refractivity contribution in [1.82, 2.24) is 5.32 Å². The van der Waals surface area contributed by atoms with E-state index in [-0.39, 0.29) is 5.96 Å². The summed E-state index contributed by atoms with van der Waals surface area (Å²) in [4.78, 5) is 2.47. The molecule has 0 unspecified atom stereocenters. The fraction of sp³-hybridized carbons (Fsp3) is 0.909. The zero-order chi connectivity index (χ0) is 16.1. The highest BCUT2D eigenvalue weighted by Gasteiger charge is 2.84. The molecule has 0 radical (unpaired) electrons. The normalized spacial score (nSPS) is 62.4. The topological polar surface area (TPSA) is 192 Å². The zero-order valence-corrected chi connectivity index (χ0v) is 11.2. The standard InChI is InChI=1S/C11H17N3O8/c12-8-13-6(17)2-4-9(19,1-15)5-3(16)10(2,14-8)7(18)11(20,21-4)22-5/h2-7,15-20H,1H2,(H3,12,13,14)/p+1/t2-,3-,4+,5+,6+,7+,9+,10-,11+/m1/s1. The summed E-state index contributed by atoms with van der Waals surface area (Å²) >= 11 is 0. The Bertz CT molecular complexity index is 561. The number of aliphatic hydroxyl groups excluding tert-OH is 4. The molecule has 0 amide bonds. The van der Waals surface area contributed by atoms with E-state index in [1.165, 1.54) is 0 Å². The van der Waals surface area contributed by atoms with Gasteiger partial charge in [0.1, 0.15) is 23.9 Å². The Labute approximate surface area is 123 Å². The molecule has 1 aliphatic carbocycles. The van der Waals surface area contributed by atoms with Gasteiger partial charge in [0, 0.05) is 0 Å². The Hall–Kier alpha value is -1.05. The van der Waals surface area contributed by atoms with Gasteiger partial charge in [0.25, 0.3) is 0 Å². The predicted molar refractivity (Wildman–Crippen MR) is 64.3 cm³/mol. The molecule has 5 rings (SSSR count). The first-order valence-corrected chi connectivity index (χ1v) is 6.83. The van der Waals surface area contributed by atoms with E-state index in [2.05, 4.69) is 10.3 Å². The summed E-state index contributed by atoms with van der Waals surface area (Å²) < 4.78 is 10.3. The summed E-state index contributed by atoms with van der Waals surface area (Å²) in [5.41, 5.74) is 1.84. The quantitative estimate of drug-likeness (QED) is 0.224. The average molecular weight is 320 g/mol. The number of hydrogen-bond acceptors (Lipinski definition) is 10. The lowest BCUT2D eigenvalue weighted by Crippen LogP contribution is -3.03. The van der Waals surface area contributed by atoms with Crippen molar-refractivity contribution in [2.75, 3.05) is 6.61 Å². The van der Waals surface area contributed by atoms with Crippen LogP contribution in [0.15, 0.2) is 0 Å². The van der Waals surface area contributed by atoms with Crippen LogP contribution in [0.3, 0.4) is 0 Å². The molecule has 124 valence electrons. The Morgan fingerprint density at radius 1 is 1.18 bits per heavy atom. The van der Waals surface area contributed by atoms with E-state index in [1.54, 1.807) is 0 Å². The molecule has 4 bridgehead atoms. The van der Waals surface area contributed by atoms with Gasteiger partial charge in [-0.15, -0.1) is 0 Å². The number of hydrogen-bond donors (Lipinski definition) is 9. The van der Waals surface area contributed by atoms with Gasteiger partial charge in [0.2, 0.25) is 0 Å². The van der Waals surface area contributed by atoms with Crippen molar-refractivity contribution in [2.45, 2.75) is 47.8 Å². The summed E-state index contributed by atoms with van der Waals surface area (Å²) in [6.07, 6.45) is -7.56. The van der Waals surface area contributed by atoms with Crippen molar-refractivity contribution >= 4 is 5.96 Å². The van der Waals surface area contributed by atoms with Gasteiger partial charge in [-0.2, -0.15) is 0 Å². The van der Waals surface area contributed by atoms with Crippen molar-refractivity contribution in [3.05, 3.63) is 0 Å². The molecule has 5 aliphatic rings. The molecule has 11 heteroatoms. The minimum absolute atomic E-state index is 0.125. The Morgan fingerprint density at radius 3 is 2.45 bits per heavy atom. The number of nitrogens with two attached hydrogens (primary N) is 1. The molecular formula is C11H18N3O8+. The maximum atomic E-state index is 10.6. The van der Waals surface area contributed by atoms with E-state index in [9.17, 15) is 30.6 Å². The Balaban J connectivity index is 1.95. The van der Waals surface area contributed by atoms with Crippen molar-refractivity contribution in [3.8, 4) is 0 Å². The summed E-state index contributed by atoms with van der Waals surface area (Å²) in [7, 11) is 0. The first-order valence-electron chi connectivity index (χ1n) is 6.83. The first kappa shape index (κ1) is 14.5. The Morgan fingerprint density at radius 2 is 1.82 bits per heavy atom. The summed E-state index contributed by atoms with van der Waals surface area (Å²) in [6, 6.07) is 0. The second-order valence-electron chi connectivity index (χ2n) is 6.29. The number of rotatable bonds is 1. The molecule has 0 aromatic rings. The van der Waals surface area contributed by atoms with Crippen LogP contribution in [0.4, 0.5) is 0 Å². The van der Waals surface area contributed by atoms with Gasteiger partial charge in [-0.3, -0.25) is 16.0 Å². The van der Waals surface area contributed by atoms with E-state index in [1.807, 2.05) is 0 Å². The van der Waals surface area contributed by atoms with Crippen molar-refractivity contribution in [2.24, 2.45) is 11.7 Å². The molecule has 0 aromatic carbocycles. The van der Waals surface area contributed by atoms with Gasteiger partial charge in [-0.05, 0) is 0 Å². The van der Waals surface area contributed by atoms with Crippen LogP contribution in [0.5, 0.6) is 0 Å². The summed E-state index contributed by atoms with van der Waals surface area (Å²) in [5, 5.41) is 64.5. The lowest BCUT2D eigenvalue weighted by atomic mass is 9.55. The number of nitrogens with one attached hydrogen (secondary N) is 2. The van der Waals surface area contributed by atoms with E-state index in [4.69, 9.17) is 15.2 Å².